The fourth-order valence-electron chi connectivity index (χ4n) is 2.13. The van der Waals surface area contributed by atoms with Gasteiger partial charge < -0.3 is 5.11 Å². The maximum absolute atomic E-state index is 11.7. The second kappa shape index (κ2) is 4.73. The molecule has 1 aromatic rings. The molecule has 1 fully saturated rings. The minimum absolute atomic E-state index is 0.132. The van der Waals surface area contributed by atoms with Crippen molar-refractivity contribution in [3.8, 4) is 11.8 Å². The number of rotatable bonds is 1. The average Bonchev–Trinajstić information content (AvgIpc) is 2.59. The molecule has 88 valence electrons. The molecule has 2 unspecified atom stereocenters. The first-order valence-electron chi connectivity index (χ1n) is 5.88. The van der Waals surface area contributed by atoms with Gasteiger partial charge in [0.25, 0.3) is 0 Å². The molecular weight excluding hydrogens is 212 g/mol. The lowest BCUT2D eigenvalue weighted by Gasteiger charge is -2.23. The van der Waals surface area contributed by atoms with E-state index in [0.29, 0.717) is 19.3 Å². The summed E-state index contributed by atoms with van der Waals surface area (Å²) in [5, 5.41) is 9.83. The lowest BCUT2D eigenvalue weighted by molar-refractivity contribution is -0.127. The Morgan fingerprint density at radius 3 is 2.71 bits per heavy atom. The molecule has 1 saturated carbocycles. The smallest absolute Gasteiger partial charge is 0.142 e. The number of Topliss-reactive ketones (excluding diaryl/α,β-unsaturated/α-hetero) is 1. The Morgan fingerprint density at radius 2 is 2.12 bits per heavy atom. The summed E-state index contributed by atoms with van der Waals surface area (Å²) in [5.41, 5.74) is 0.276. The van der Waals surface area contributed by atoms with Crippen molar-refractivity contribution in [1.29, 1.82) is 0 Å². The average molecular weight is 228 g/mol. The molecule has 0 spiro atoms. The van der Waals surface area contributed by atoms with Gasteiger partial charge in [-0.15, -0.1) is 0 Å². The highest BCUT2D eigenvalue weighted by Gasteiger charge is 2.44. The third-order valence-electron chi connectivity index (χ3n) is 3.48. The second-order valence-electron chi connectivity index (χ2n) is 4.74. The second-order valence-corrected chi connectivity index (χ2v) is 4.74. The Labute approximate surface area is 102 Å². The van der Waals surface area contributed by atoms with E-state index in [1.54, 1.807) is 0 Å². The van der Waals surface area contributed by atoms with Crippen molar-refractivity contribution in [1.82, 2.24) is 0 Å². The van der Waals surface area contributed by atoms with Gasteiger partial charge in [-0.05, 0) is 25.5 Å². The fourth-order valence-corrected chi connectivity index (χ4v) is 2.13. The minimum atomic E-state index is -0.665. The van der Waals surface area contributed by atoms with Gasteiger partial charge in [-0.3, -0.25) is 4.79 Å². The molecular formula is C15H16O2. The van der Waals surface area contributed by atoms with Gasteiger partial charge >= 0.3 is 0 Å². The van der Waals surface area contributed by atoms with Gasteiger partial charge in [-0.25, -0.2) is 0 Å². The van der Waals surface area contributed by atoms with E-state index in [1.165, 1.54) is 0 Å². The van der Waals surface area contributed by atoms with Gasteiger partial charge in [0, 0.05) is 18.4 Å². The molecule has 0 aromatic heterocycles. The van der Waals surface area contributed by atoms with Crippen molar-refractivity contribution in [2.24, 2.45) is 5.41 Å². The van der Waals surface area contributed by atoms with Crippen molar-refractivity contribution >= 4 is 5.78 Å². The standard InChI is InChI=1S/C15H16O2/c1-15(13(16)9-10-14(15)17)11-5-8-12-6-3-2-4-7-12/h2-4,6-7,13,16H,9-11H2,1H3. The third kappa shape index (κ3) is 2.40. The first-order valence-corrected chi connectivity index (χ1v) is 5.88. The number of benzene rings is 1. The Hall–Kier alpha value is -1.59. The fraction of sp³-hybridized carbons (Fsp3) is 0.400. The lowest BCUT2D eigenvalue weighted by atomic mass is 9.82. The number of hydrogen-bond donors (Lipinski definition) is 1. The van der Waals surface area contributed by atoms with E-state index in [-0.39, 0.29) is 5.78 Å². The molecule has 0 radical (unpaired) electrons. The van der Waals surface area contributed by atoms with Gasteiger partial charge in [0.05, 0.1) is 11.5 Å². The Balaban J connectivity index is 2.08. The van der Waals surface area contributed by atoms with E-state index in [0.717, 1.165) is 5.56 Å². The van der Waals surface area contributed by atoms with Crippen LogP contribution in [0.1, 0.15) is 31.7 Å². The molecule has 17 heavy (non-hydrogen) atoms. The number of ketones is 1. The van der Waals surface area contributed by atoms with Crippen LogP contribution in [-0.4, -0.2) is 17.0 Å². The molecule has 0 aliphatic heterocycles. The van der Waals surface area contributed by atoms with E-state index < -0.39 is 11.5 Å². The number of hydrogen-bond acceptors (Lipinski definition) is 2. The zero-order valence-corrected chi connectivity index (χ0v) is 9.94. The van der Waals surface area contributed by atoms with Gasteiger partial charge in [0.15, 0.2) is 0 Å². The van der Waals surface area contributed by atoms with Crippen LogP contribution in [0.2, 0.25) is 0 Å². The van der Waals surface area contributed by atoms with Crippen LogP contribution in [0.4, 0.5) is 0 Å². The molecule has 0 bridgehead atoms. The molecule has 2 rings (SSSR count). The molecule has 1 N–H and O–H groups in total. The third-order valence-corrected chi connectivity index (χ3v) is 3.48. The molecule has 1 aliphatic rings. The molecule has 2 atom stereocenters. The number of aliphatic hydroxyl groups is 1. The molecule has 2 heteroatoms. The van der Waals surface area contributed by atoms with Crippen molar-refractivity contribution in [2.75, 3.05) is 0 Å². The highest BCUT2D eigenvalue weighted by atomic mass is 16.3. The van der Waals surface area contributed by atoms with E-state index >= 15 is 0 Å². The summed E-state index contributed by atoms with van der Waals surface area (Å²) in [6, 6.07) is 9.67. The van der Waals surface area contributed by atoms with Crippen molar-refractivity contribution in [3.63, 3.8) is 0 Å². The maximum Gasteiger partial charge on any atom is 0.142 e. The number of carbonyl (C=O) groups excluding carboxylic acids is 1. The molecule has 2 nitrogen and oxygen atoms in total. The predicted octanol–water partition coefficient (Wildman–Crippen LogP) is 2.16. The van der Waals surface area contributed by atoms with Gasteiger partial charge in [0.1, 0.15) is 5.78 Å². The first kappa shape index (κ1) is 11.9. The Kier molecular flexibility index (Phi) is 3.31. The van der Waals surface area contributed by atoms with E-state index in [2.05, 4.69) is 11.8 Å². The summed E-state index contributed by atoms with van der Waals surface area (Å²) in [5.74, 6) is 6.17. The van der Waals surface area contributed by atoms with Crippen LogP contribution in [0.3, 0.4) is 0 Å². The van der Waals surface area contributed by atoms with Crippen LogP contribution in [-0.2, 0) is 4.79 Å². The van der Waals surface area contributed by atoms with E-state index in [9.17, 15) is 9.90 Å². The zero-order valence-electron chi connectivity index (χ0n) is 9.94. The maximum atomic E-state index is 11.7. The van der Waals surface area contributed by atoms with Crippen molar-refractivity contribution in [2.45, 2.75) is 32.3 Å². The van der Waals surface area contributed by atoms with Gasteiger partial charge in [-0.1, -0.05) is 30.0 Å². The van der Waals surface area contributed by atoms with E-state index in [1.807, 2.05) is 37.3 Å². The largest absolute Gasteiger partial charge is 0.392 e. The summed E-state index contributed by atoms with van der Waals surface area (Å²) in [6.45, 7) is 1.81. The normalized spacial score (nSPS) is 27.6. The van der Waals surface area contributed by atoms with Crippen LogP contribution in [0.5, 0.6) is 0 Å². The van der Waals surface area contributed by atoms with Crippen molar-refractivity contribution < 1.29 is 9.90 Å². The SMILES string of the molecule is CC1(CC#Cc2ccccc2)C(=O)CCC1O. The minimum Gasteiger partial charge on any atom is -0.392 e. The number of carbonyl (C=O) groups is 1. The molecule has 0 saturated heterocycles. The van der Waals surface area contributed by atoms with Crippen LogP contribution in [0.15, 0.2) is 30.3 Å². The Bertz CT molecular complexity index is 467. The lowest BCUT2D eigenvalue weighted by Crippen LogP contribution is -2.32. The highest BCUT2D eigenvalue weighted by Crippen LogP contribution is 2.37. The van der Waals surface area contributed by atoms with Gasteiger partial charge in [0.2, 0.25) is 0 Å². The number of aliphatic hydroxyl groups excluding tert-OH is 1. The molecule has 1 aliphatic carbocycles. The van der Waals surface area contributed by atoms with E-state index in [4.69, 9.17) is 0 Å². The van der Waals surface area contributed by atoms with Crippen LogP contribution in [0, 0.1) is 17.3 Å². The monoisotopic (exact) mass is 228 g/mol. The highest BCUT2D eigenvalue weighted by molar-refractivity contribution is 5.87. The summed E-state index contributed by atoms with van der Waals surface area (Å²) in [7, 11) is 0. The summed E-state index contributed by atoms with van der Waals surface area (Å²) in [4.78, 5) is 11.7. The summed E-state index contributed by atoms with van der Waals surface area (Å²) in [6.07, 6.45) is 0.939. The topological polar surface area (TPSA) is 37.3 Å². The van der Waals surface area contributed by atoms with Crippen molar-refractivity contribution in [3.05, 3.63) is 35.9 Å². The Morgan fingerprint density at radius 1 is 1.41 bits per heavy atom. The van der Waals surface area contributed by atoms with Crippen LogP contribution < -0.4 is 0 Å². The van der Waals surface area contributed by atoms with Gasteiger partial charge in [-0.2, -0.15) is 0 Å². The first-order chi connectivity index (χ1) is 8.13. The van der Waals surface area contributed by atoms with Crippen LogP contribution >= 0.6 is 0 Å². The summed E-state index contributed by atoms with van der Waals surface area (Å²) >= 11 is 0. The molecule has 0 amide bonds. The quantitative estimate of drug-likeness (QED) is 0.748. The predicted molar refractivity (Wildman–Crippen MR) is 66.3 cm³/mol. The molecule has 1 aromatic carbocycles. The van der Waals surface area contributed by atoms with Crippen LogP contribution in [0.25, 0.3) is 0 Å². The zero-order chi connectivity index (χ0) is 12.3. The molecule has 0 heterocycles. The summed E-state index contributed by atoms with van der Waals surface area (Å²) < 4.78 is 0.